The maximum absolute atomic E-state index is 5.65. The van der Waals surface area contributed by atoms with Gasteiger partial charge >= 0.3 is 0 Å². The van der Waals surface area contributed by atoms with E-state index in [-0.39, 0.29) is 0 Å². The van der Waals surface area contributed by atoms with Crippen LogP contribution in [0.1, 0.15) is 46.0 Å². The van der Waals surface area contributed by atoms with Crippen molar-refractivity contribution in [3.8, 4) is 0 Å². The van der Waals surface area contributed by atoms with Gasteiger partial charge in [-0.15, -0.1) is 0 Å². The second-order valence-electron chi connectivity index (χ2n) is 5.16. The lowest BCUT2D eigenvalue weighted by Gasteiger charge is -2.14. The molecule has 0 radical (unpaired) electrons. The van der Waals surface area contributed by atoms with Crippen LogP contribution in [0.5, 0.6) is 0 Å². The summed E-state index contributed by atoms with van der Waals surface area (Å²) < 4.78 is 11.0. The predicted molar refractivity (Wildman–Crippen MR) is 71.4 cm³/mol. The molecule has 1 N–H and O–H groups in total. The van der Waals surface area contributed by atoms with Gasteiger partial charge in [0.1, 0.15) is 0 Å². The van der Waals surface area contributed by atoms with Crippen LogP contribution in [0.2, 0.25) is 0 Å². The minimum absolute atomic E-state index is 0.625. The first kappa shape index (κ1) is 14.9. The Morgan fingerprint density at radius 2 is 2.29 bits per heavy atom. The minimum atomic E-state index is 0.625. The van der Waals surface area contributed by atoms with Crippen molar-refractivity contribution in [2.45, 2.75) is 52.0 Å². The van der Waals surface area contributed by atoms with Crippen LogP contribution in [0.4, 0.5) is 0 Å². The lowest BCUT2D eigenvalue weighted by molar-refractivity contribution is 0.0901. The molecule has 0 amide bonds. The van der Waals surface area contributed by atoms with Gasteiger partial charge in [-0.3, -0.25) is 0 Å². The lowest BCUT2D eigenvalue weighted by atomic mass is 10.1. The van der Waals surface area contributed by atoms with Crippen LogP contribution in [-0.2, 0) is 9.47 Å². The molecule has 0 spiro atoms. The smallest absolute Gasteiger partial charge is 0.0591 e. The summed E-state index contributed by atoms with van der Waals surface area (Å²) in [6.45, 7) is 8.99. The topological polar surface area (TPSA) is 30.5 Å². The van der Waals surface area contributed by atoms with Crippen LogP contribution in [0.15, 0.2) is 0 Å². The molecule has 17 heavy (non-hydrogen) atoms. The van der Waals surface area contributed by atoms with E-state index in [1.54, 1.807) is 0 Å². The number of hydrogen-bond acceptors (Lipinski definition) is 3. The summed E-state index contributed by atoms with van der Waals surface area (Å²) in [5.41, 5.74) is 0. The Kier molecular flexibility index (Phi) is 8.67. The number of unbranched alkanes of at least 4 members (excludes halogenated alkanes) is 2. The van der Waals surface area contributed by atoms with Gasteiger partial charge in [-0.1, -0.05) is 26.2 Å². The Bertz CT molecular complexity index is 170. The van der Waals surface area contributed by atoms with E-state index >= 15 is 0 Å². The molecule has 0 aromatic carbocycles. The Morgan fingerprint density at radius 3 is 3.00 bits per heavy atom. The SMILES string of the molecule is CCCCCC(C)NCCOCC1CCOC1. The molecule has 0 aliphatic carbocycles. The number of hydrogen-bond donors (Lipinski definition) is 1. The molecule has 102 valence electrons. The van der Waals surface area contributed by atoms with Gasteiger partial charge in [0.2, 0.25) is 0 Å². The zero-order valence-corrected chi connectivity index (χ0v) is 11.5. The van der Waals surface area contributed by atoms with Crippen molar-refractivity contribution in [2.24, 2.45) is 5.92 Å². The highest BCUT2D eigenvalue weighted by molar-refractivity contribution is 4.63. The number of nitrogens with one attached hydrogen (secondary N) is 1. The molecule has 1 fully saturated rings. The summed E-state index contributed by atoms with van der Waals surface area (Å²) >= 11 is 0. The third kappa shape index (κ3) is 7.74. The van der Waals surface area contributed by atoms with E-state index in [2.05, 4.69) is 19.2 Å². The summed E-state index contributed by atoms with van der Waals surface area (Å²) in [5.74, 6) is 0.636. The molecule has 3 heteroatoms. The normalized spacial score (nSPS) is 21.9. The highest BCUT2D eigenvalue weighted by atomic mass is 16.5. The third-order valence-corrected chi connectivity index (χ3v) is 3.36. The first-order valence-corrected chi connectivity index (χ1v) is 7.21. The molecule has 1 heterocycles. The van der Waals surface area contributed by atoms with E-state index in [1.165, 1.54) is 32.1 Å². The van der Waals surface area contributed by atoms with Crippen LogP contribution in [0, 0.1) is 5.92 Å². The minimum Gasteiger partial charge on any atom is -0.381 e. The molecular formula is C14H29NO2. The molecule has 3 nitrogen and oxygen atoms in total. The number of ether oxygens (including phenoxy) is 2. The van der Waals surface area contributed by atoms with Crippen LogP contribution in [-0.4, -0.2) is 39.0 Å². The molecule has 0 bridgehead atoms. The number of rotatable bonds is 10. The Morgan fingerprint density at radius 1 is 1.41 bits per heavy atom. The Balaban J connectivity index is 1.82. The van der Waals surface area contributed by atoms with E-state index in [9.17, 15) is 0 Å². The average molecular weight is 243 g/mol. The van der Waals surface area contributed by atoms with Crippen molar-refractivity contribution in [2.75, 3.05) is 33.0 Å². The fourth-order valence-electron chi connectivity index (χ4n) is 2.14. The van der Waals surface area contributed by atoms with Crippen LogP contribution in [0.3, 0.4) is 0 Å². The molecule has 2 unspecified atom stereocenters. The molecule has 1 aliphatic heterocycles. The molecule has 2 atom stereocenters. The molecule has 0 saturated carbocycles. The van der Waals surface area contributed by atoms with Gasteiger partial charge in [0.15, 0.2) is 0 Å². The standard InChI is InChI=1S/C14H29NO2/c1-3-4-5-6-13(2)15-8-10-17-12-14-7-9-16-11-14/h13-15H,3-12H2,1-2H3. The van der Waals surface area contributed by atoms with Crippen molar-refractivity contribution < 1.29 is 9.47 Å². The summed E-state index contributed by atoms with van der Waals surface area (Å²) in [7, 11) is 0. The van der Waals surface area contributed by atoms with Crippen LogP contribution >= 0.6 is 0 Å². The zero-order valence-electron chi connectivity index (χ0n) is 11.5. The molecule has 1 aliphatic rings. The van der Waals surface area contributed by atoms with Gasteiger partial charge in [-0.25, -0.2) is 0 Å². The highest BCUT2D eigenvalue weighted by Gasteiger charge is 2.15. The van der Waals surface area contributed by atoms with Gasteiger partial charge in [0, 0.05) is 25.1 Å². The summed E-state index contributed by atoms with van der Waals surface area (Å²) in [5, 5.41) is 3.51. The van der Waals surface area contributed by atoms with E-state index in [0.717, 1.165) is 33.0 Å². The predicted octanol–water partition coefficient (Wildman–Crippen LogP) is 2.60. The van der Waals surface area contributed by atoms with E-state index in [0.29, 0.717) is 12.0 Å². The zero-order chi connectivity index (χ0) is 12.3. The van der Waals surface area contributed by atoms with Crippen molar-refractivity contribution in [3.63, 3.8) is 0 Å². The maximum Gasteiger partial charge on any atom is 0.0591 e. The summed E-state index contributed by atoms with van der Waals surface area (Å²) in [6.07, 6.45) is 6.44. The van der Waals surface area contributed by atoms with Crippen molar-refractivity contribution >= 4 is 0 Å². The first-order chi connectivity index (χ1) is 8.33. The van der Waals surface area contributed by atoms with E-state index in [1.807, 2.05) is 0 Å². The Hall–Kier alpha value is -0.120. The van der Waals surface area contributed by atoms with Crippen LogP contribution < -0.4 is 5.32 Å². The Labute approximate surface area is 106 Å². The molecule has 1 rings (SSSR count). The summed E-state index contributed by atoms with van der Waals surface area (Å²) in [4.78, 5) is 0. The van der Waals surface area contributed by atoms with Crippen LogP contribution in [0.25, 0.3) is 0 Å². The third-order valence-electron chi connectivity index (χ3n) is 3.36. The summed E-state index contributed by atoms with van der Waals surface area (Å²) in [6, 6.07) is 0.625. The molecule has 1 saturated heterocycles. The second-order valence-corrected chi connectivity index (χ2v) is 5.16. The van der Waals surface area contributed by atoms with Gasteiger partial charge < -0.3 is 14.8 Å². The van der Waals surface area contributed by atoms with Gasteiger partial charge in [-0.2, -0.15) is 0 Å². The highest BCUT2D eigenvalue weighted by Crippen LogP contribution is 2.11. The van der Waals surface area contributed by atoms with Gasteiger partial charge in [0.25, 0.3) is 0 Å². The maximum atomic E-state index is 5.65. The monoisotopic (exact) mass is 243 g/mol. The second kappa shape index (κ2) is 9.86. The first-order valence-electron chi connectivity index (χ1n) is 7.21. The molecule has 0 aromatic heterocycles. The quantitative estimate of drug-likeness (QED) is 0.598. The average Bonchev–Trinajstić information content (AvgIpc) is 2.82. The molecule has 0 aromatic rings. The fraction of sp³-hybridized carbons (Fsp3) is 1.00. The van der Waals surface area contributed by atoms with Gasteiger partial charge in [-0.05, 0) is 19.8 Å². The van der Waals surface area contributed by atoms with E-state index < -0.39 is 0 Å². The van der Waals surface area contributed by atoms with Crippen molar-refractivity contribution in [3.05, 3.63) is 0 Å². The largest absolute Gasteiger partial charge is 0.381 e. The fourth-order valence-corrected chi connectivity index (χ4v) is 2.14. The van der Waals surface area contributed by atoms with E-state index in [4.69, 9.17) is 9.47 Å². The van der Waals surface area contributed by atoms with Crippen molar-refractivity contribution in [1.29, 1.82) is 0 Å². The molecular weight excluding hydrogens is 214 g/mol. The van der Waals surface area contributed by atoms with Gasteiger partial charge in [0.05, 0.1) is 19.8 Å². The van der Waals surface area contributed by atoms with Crippen molar-refractivity contribution in [1.82, 2.24) is 5.32 Å². The lowest BCUT2D eigenvalue weighted by Crippen LogP contribution is -2.29.